The number of benzene rings is 1. The van der Waals surface area contributed by atoms with Gasteiger partial charge in [0.05, 0.1) is 13.0 Å². The van der Waals surface area contributed by atoms with Crippen LogP contribution in [0.2, 0.25) is 0 Å². The number of hydrogen-bond donors (Lipinski definition) is 2. The van der Waals surface area contributed by atoms with Gasteiger partial charge in [0.2, 0.25) is 0 Å². The summed E-state index contributed by atoms with van der Waals surface area (Å²) < 4.78 is 5.19. The van der Waals surface area contributed by atoms with Gasteiger partial charge in [0.1, 0.15) is 6.61 Å². The number of carbonyl (C=O) groups is 2. The first-order valence-corrected chi connectivity index (χ1v) is 5.48. The van der Waals surface area contributed by atoms with E-state index >= 15 is 0 Å². The van der Waals surface area contributed by atoms with Gasteiger partial charge in [-0.25, -0.2) is 5.84 Å². The summed E-state index contributed by atoms with van der Waals surface area (Å²) in [5, 5.41) is 9.30. The van der Waals surface area contributed by atoms with E-state index in [4.69, 9.17) is 15.7 Å². The van der Waals surface area contributed by atoms with Crippen LogP contribution in [0.3, 0.4) is 0 Å². The van der Waals surface area contributed by atoms with Crippen molar-refractivity contribution in [2.24, 2.45) is 5.84 Å². The topological polar surface area (TPSA) is 92.9 Å². The fourth-order valence-electron chi connectivity index (χ4n) is 1.25. The standard InChI is InChI=1S/C12H16N2O4/c13-14(7-6-12(16)17)11(15)9-18-8-10-4-2-1-3-5-10/h1-5H,6-9,13H2,(H,16,17). The summed E-state index contributed by atoms with van der Waals surface area (Å²) >= 11 is 0. The minimum Gasteiger partial charge on any atom is -0.481 e. The molecule has 18 heavy (non-hydrogen) atoms. The van der Waals surface area contributed by atoms with E-state index < -0.39 is 11.9 Å². The number of ether oxygens (including phenoxy) is 1. The number of hydrazine groups is 1. The molecule has 0 fully saturated rings. The molecule has 1 rings (SSSR count). The molecular weight excluding hydrogens is 236 g/mol. The molecule has 0 spiro atoms. The fraction of sp³-hybridized carbons (Fsp3) is 0.333. The number of nitrogens with zero attached hydrogens (tertiary/aromatic N) is 1. The molecule has 6 heteroatoms. The number of hydrogen-bond acceptors (Lipinski definition) is 4. The molecule has 1 amide bonds. The van der Waals surface area contributed by atoms with Crippen molar-refractivity contribution in [3.8, 4) is 0 Å². The van der Waals surface area contributed by atoms with Gasteiger partial charge in [-0.3, -0.25) is 14.6 Å². The number of carbonyl (C=O) groups excluding carboxylic acids is 1. The van der Waals surface area contributed by atoms with E-state index in [0.717, 1.165) is 10.6 Å². The molecule has 0 unspecified atom stereocenters. The molecule has 0 aliphatic rings. The van der Waals surface area contributed by atoms with Crippen molar-refractivity contribution in [2.75, 3.05) is 13.2 Å². The van der Waals surface area contributed by atoms with Crippen molar-refractivity contribution in [3.05, 3.63) is 35.9 Å². The maximum Gasteiger partial charge on any atom is 0.305 e. The van der Waals surface area contributed by atoms with Crippen molar-refractivity contribution in [1.29, 1.82) is 0 Å². The van der Waals surface area contributed by atoms with Gasteiger partial charge in [-0.15, -0.1) is 0 Å². The number of carboxylic acids is 1. The highest BCUT2D eigenvalue weighted by molar-refractivity contribution is 5.77. The first-order valence-electron chi connectivity index (χ1n) is 5.48. The van der Waals surface area contributed by atoms with Gasteiger partial charge in [-0.2, -0.15) is 0 Å². The average Bonchev–Trinajstić information content (AvgIpc) is 2.37. The maximum atomic E-state index is 11.4. The van der Waals surface area contributed by atoms with E-state index in [2.05, 4.69) is 0 Å². The maximum absolute atomic E-state index is 11.4. The van der Waals surface area contributed by atoms with E-state index in [0.29, 0.717) is 6.61 Å². The molecule has 0 aliphatic carbocycles. The molecule has 0 saturated carbocycles. The minimum absolute atomic E-state index is 0.0249. The molecule has 0 radical (unpaired) electrons. The van der Waals surface area contributed by atoms with Crippen LogP contribution in [0.5, 0.6) is 0 Å². The zero-order chi connectivity index (χ0) is 13.4. The van der Waals surface area contributed by atoms with Crippen molar-refractivity contribution < 1.29 is 19.4 Å². The number of nitrogens with two attached hydrogens (primary N) is 1. The Labute approximate surface area is 105 Å². The summed E-state index contributed by atoms with van der Waals surface area (Å²) in [6, 6.07) is 9.41. The van der Waals surface area contributed by atoms with Crippen LogP contribution >= 0.6 is 0 Å². The van der Waals surface area contributed by atoms with Crippen LogP contribution in [0, 0.1) is 0 Å². The Morgan fingerprint density at radius 1 is 1.28 bits per heavy atom. The zero-order valence-corrected chi connectivity index (χ0v) is 9.91. The SMILES string of the molecule is NN(CCC(=O)O)C(=O)COCc1ccccc1. The molecule has 3 N–H and O–H groups in total. The molecule has 0 aliphatic heterocycles. The van der Waals surface area contributed by atoms with E-state index in [9.17, 15) is 9.59 Å². The summed E-state index contributed by atoms with van der Waals surface area (Å²) in [5.41, 5.74) is 0.958. The van der Waals surface area contributed by atoms with Crippen LogP contribution in [0.4, 0.5) is 0 Å². The van der Waals surface area contributed by atoms with Crippen molar-refractivity contribution in [1.82, 2.24) is 5.01 Å². The number of rotatable bonds is 7. The Morgan fingerprint density at radius 3 is 2.56 bits per heavy atom. The lowest BCUT2D eigenvalue weighted by Gasteiger charge is -2.15. The first-order chi connectivity index (χ1) is 8.59. The van der Waals surface area contributed by atoms with Gasteiger partial charge in [0.15, 0.2) is 0 Å². The second-order valence-electron chi connectivity index (χ2n) is 3.71. The van der Waals surface area contributed by atoms with E-state index in [1.54, 1.807) is 0 Å². The Morgan fingerprint density at radius 2 is 1.94 bits per heavy atom. The molecular formula is C12H16N2O4. The highest BCUT2D eigenvalue weighted by Crippen LogP contribution is 2.00. The van der Waals surface area contributed by atoms with Gasteiger partial charge >= 0.3 is 5.97 Å². The molecule has 0 atom stereocenters. The summed E-state index contributed by atoms with van der Waals surface area (Å²) in [6.45, 7) is 0.132. The molecule has 0 saturated heterocycles. The van der Waals surface area contributed by atoms with Crippen LogP contribution in [-0.4, -0.2) is 35.1 Å². The smallest absolute Gasteiger partial charge is 0.305 e. The van der Waals surface area contributed by atoms with Crippen molar-refractivity contribution >= 4 is 11.9 Å². The highest BCUT2D eigenvalue weighted by Gasteiger charge is 2.10. The molecule has 6 nitrogen and oxygen atoms in total. The summed E-state index contributed by atoms with van der Waals surface area (Å²) in [6.07, 6.45) is -0.180. The number of carboxylic acid groups (broad SMARTS) is 1. The molecule has 0 heterocycles. The molecule has 0 aromatic heterocycles. The largest absolute Gasteiger partial charge is 0.481 e. The molecule has 1 aromatic rings. The fourth-order valence-corrected chi connectivity index (χ4v) is 1.25. The van der Waals surface area contributed by atoms with Gasteiger partial charge in [0.25, 0.3) is 5.91 Å². The van der Waals surface area contributed by atoms with Gasteiger partial charge in [0, 0.05) is 6.54 Å². The van der Waals surface area contributed by atoms with Gasteiger partial charge in [-0.1, -0.05) is 30.3 Å². The highest BCUT2D eigenvalue weighted by atomic mass is 16.5. The Kier molecular flexibility index (Phi) is 5.83. The average molecular weight is 252 g/mol. The second kappa shape index (κ2) is 7.41. The summed E-state index contributed by atoms with van der Waals surface area (Å²) in [4.78, 5) is 21.7. The second-order valence-corrected chi connectivity index (χ2v) is 3.71. The van der Waals surface area contributed by atoms with E-state index in [-0.39, 0.29) is 19.6 Å². The third-order valence-corrected chi connectivity index (χ3v) is 2.22. The van der Waals surface area contributed by atoms with Crippen LogP contribution in [0.25, 0.3) is 0 Å². The minimum atomic E-state index is -0.997. The van der Waals surface area contributed by atoms with Crippen LogP contribution in [-0.2, 0) is 20.9 Å². The first kappa shape index (κ1) is 14.1. The normalized spacial score (nSPS) is 10.1. The van der Waals surface area contributed by atoms with Crippen molar-refractivity contribution in [2.45, 2.75) is 13.0 Å². The Hall–Kier alpha value is -1.92. The van der Waals surface area contributed by atoms with Gasteiger partial charge < -0.3 is 9.84 Å². The summed E-state index contributed by atoms with van der Waals surface area (Å²) in [7, 11) is 0. The lowest BCUT2D eigenvalue weighted by Crippen LogP contribution is -2.41. The van der Waals surface area contributed by atoms with E-state index in [1.165, 1.54) is 0 Å². The van der Waals surface area contributed by atoms with E-state index in [1.807, 2.05) is 30.3 Å². The molecule has 1 aromatic carbocycles. The van der Waals surface area contributed by atoms with Crippen LogP contribution < -0.4 is 5.84 Å². The lowest BCUT2D eigenvalue weighted by molar-refractivity contribution is -0.140. The third-order valence-electron chi connectivity index (χ3n) is 2.22. The number of aliphatic carboxylic acids is 1. The van der Waals surface area contributed by atoms with Gasteiger partial charge in [-0.05, 0) is 5.56 Å². The van der Waals surface area contributed by atoms with Crippen LogP contribution in [0.15, 0.2) is 30.3 Å². The monoisotopic (exact) mass is 252 g/mol. The molecule has 98 valence electrons. The lowest BCUT2D eigenvalue weighted by atomic mass is 10.2. The zero-order valence-electron chi connectivity index (χ0n) is 9.91. The molecule has 0 bridgehead atoms. The van der Waals surface area contributed by atoms with Crippen LogP contribution in [0.1, 0.15) is 12.0 Å². The third kappa shape index (κ3) is 5.42. The predicted octanol–water partition coefficient (Wildman–Crippen LogP) is 0.380. The van der Waals surface area contributed by atoms with Crippen molar-refractivity contribution in [3.63, 3.8) is 0 Å². The number of amides is 1. The summed E-state index contributed by atoms with van der Waals surface area (Å²) in [5.74, 6) is 3.95. The Bertz CT molecular complexity index is 394. The predicted molar refractivity (Wildman–Crippen MR) is 64.3 cm³/mol. The Balaban J connectivity index is 2.22. The quantitative estimate of drug-likeness (QED) is 0.416.